The van der Waals surface area contributed by atoms with E-state index in [0.717, 1.165) is 23.6 Å². The Morgan fingerprint density at radius 1 is 1.09 bits per heavy atom. The molecule has 0 atom stereocenters. The van der Waals surface area contributed by atoms with E-state index >= 15 is 0 Å². The van der Waals surface area contributed by atoms with Gasteiger partial charge in [-0.2, -0.15) is 5.10 Å². The fourth-order valence-corrected chi connectivity index (χ4v) is 3.88. The number of aromatic nitrogens is 3. The minimum Gasteiger partial charge on any atom is -0.454 e. The van der Waals surface area contributed by atoms with Crippen LogP contribution >= 0.6 is 11.9 Å². The highest BCUT2D eigenvalue weighted by Gasteiger charge is 2.19. The Hall–Kier alpha value is -3.33. The number of ether oxygens (including phenoxy) is 1. The molecule has 2 heterocycles. The molecule has 0 radical (unpaired) electrons. The smallest absolute Gasteiger partial charge is 0.261 e. The van der Waals surface area contributed by atoms with Gasteiger partial charge in [-0.05, 0) is 44.2 Å². The molecule has 0 fully saturated rings. The van der Waals surface area contributed by atoms with Gasteiger partial charge in [0.25, 0.3) is 5.56 Å². The summed E-state index contributed by atoms with van der Waals surface area (Å²) in [5.41, 5.74) is 2.46. The van der Waals surface area contributed by atoms with Crippen LogP contribution in [0.25, 0.3) is 22.0 Å². The summed E-state index contributed by atoms with van der Waals surface area (Å²) in [5, 5.41) is 5.13. The second-order valence-corrected chi connectivity index (χ2v) is 8.92. The third-order valence-electron chi connectivity index (χ3n) is 5.11. The van der Waals surface area contributed by atoms with E-state index < -0.39 is 11.6 Å². The van der Waals surface area contributed by atoms with E-state index in [9.17, 15) is 13.6 Å². The van der Waals surface area contributed by atoms with Crippen LogP contribution in [-0.4, -0.2) is 20.1 Å². The number of benzene rings is 2. The highest BCUT2D eigenvalue weighted by atomic mass is 32.2. The van der Waals surface area contributed by atoms with Crippen LogP contribution in [0.5, 0.6) is 11.5 Å². The van der Waals surface area contributed by atoms with Crippen LogP contribution in [0, 0.1) is 11.6 Å². The van der Waals surface area contributed by atoms with E-state index in [-0.39, 0.29) is 17.4 Å². The number of hydrogen-bond donors (Lipinski definition) is 1. The summed E-state index contributed by atoms with van der Waals surface area (Å²) in [7, 11) is 1.67. The summed E-state index contributed by atoms with van der Waals surface area (Å²) in [5.74, 6) is -0.381. The zero-order chi connectivity index (χ0) is 23.7. The van der Waals surface area contributed by atoms with Gasteiger partial charge in [0.2, 0.25) is 0 Å². The molecule has 1 N–H and O–H groups in total. The van der Waals surface area contributed by atoms with Crippen LogP contribution in [0.3, 0.4) is 0 Å². The maximum absolute atomic E-state index is 14.3. The molecule has 0 aliphatic carbocycles. The van der Waals surface area contributed by atoms with Crippen LogP contribution in [0.2, 0.25) is 0 Å². The lowest BCUT2D eigenvalue weighted by atomic mass is 10.0. The summed E-state index contributed by atoms with van der Waals surface area (Å²) in [6.45, 7) is 5.99. The number of nitrogens with zero attached hydrogens (tertiary/aromatic N) is 3. The van der Waals surface area contributed by atoms with Crippen molar-refractivity contribution in [2.75, 3.05) is 10.5 Å². The monoisotopic (exact) mass is 470 g/mol. The predicted molar refractivity (Wildman–Crippen MR) is 129 cm³/mol. The van der Waals surface area contributed by atoms with Crippen LogP contribution < -0.4 is 15.0 Å². The summed E-state index contributed by atoms with van der Waals surface area (Å²) in [4.78, 5) is 12.8. The fraction of sp³-hybridized carbons (Fsp3) is 0.250. The van der Waals surface area contributed by atoms with Gasteiger partial charge in [-0.15, -0.1) is 0 Å². The number of hydrogen-bond acceptors (Lipinski definition) is 5. The lowest BCUT2D eigenvalue weighted by Crippen LogP contribution is -2.16. The predicted octanol–water partition coefficient (Wildman–Crippen LogP) is 6.13. The number of aryl methyl sites for hydroxylation is 1. The van der Waals surface area contributed by atoms with Crippen LogP contribution in [0.15, 0.2) is 53.6 Å². The van der Waals surface area contributed by atoms with E-state index in [4.69, 9.17) is 4.74 Å². The Morgan fingerprint density at radius 3 is 2.55 bits per heavy atom. The standard InChI is InChI=1S/C24H24F2N4O2S/c1-5-33-28-16-7-9-21(32-22-8-6-15(25)10-20(22)26)17(11-16)18-12-29(4)24(31)19-13-30(14(2)3)27-23(18)19/h6-14,28H,5H2,1-4H3. The van der Waals surface area contributed by atoms with Crippen molar-refractivity contribution in [3.8, 4) is 22.6 Å². The number of anilines is 1. The van der Waals surface area contributed by atoms with Gasteiger partial charge < -0.3 is 14.0 Å². The molecule has 0 bridgehead atoms. The highest BCUT2D eigenvalue weighted by Crippen LogP contribution is 2.39. The van der Waals surface area contributed by atoms with Gasteiger partial charge in [0.15, 0.2) is 11.6 Å². The molecule has 0 saturated heterocycles. The Kier molecular flexibility index (Phi) is 6.42. The van der Waals surface area contributed by atoms with Crippen molar-refractivity contribution >= 4 is 28.5 Å². The van der Waals surface area contributed by atoms with Crippen molar-refractivity contribution in [1.82, 2.24) is 14.3 Å². The fourth-order valence-electron chi connectivity index (χ4n) is 3.44. The molecule has 2 aromatic carbocycles. The van der Waals surface area contributed by atoms with Gasteiger partial charge in [-0.3, -0.25) is 9.48 Å². The highest BCUT2D eigenvalue weighted by molar-refractivity contribution is 8.00. The quantitative estimate of drug-likeness (QED) is 0.329. The van der Waals surface area contributed by atoms with E-state index in [0.29, 0.717) is 27.8 Å². The first-order chi connectivity index (χ1) is 15.8. The van der Waals surface area contributed by atoms with Gasteiger partial charge in [-0.25, -0.2) is 8.78 Å². The molecule has 0 saturated carbocycles. The molecule has 9 heteroatoms. The molecule has 0 aliphatic rings. The first-order valence-corrected chi connectivity index (χ1v) is 11.5. The Bertz CT molecular complexity index is 1380. The lowest BCUT2D eigenvalue weighted by molar-refractivity contribution is 0.439. The molecule has 172 valence electrons. The molecule has 0 amide bonds. The zero-order valence-corrected chi connectivity index (χ0v) is 19.5. The first-order valence-electron chi connectivity index (χ1n) is 10.5. The topological polar surface area (TPSA) is 61.1 Å². The third kappa shape index (κ3) is 4.59. The van der Waals surface area contributed by atoms with Crippen molar-refractivity contribution in [2.45, 2.75) is 26.8 Å². The van der Waals surface area contributed by atoms with Crippen LogP contribution in [-0.2, 0) is 7.05 Å². The van der Waals surface area contributed by atoms with Gasteiger partial charge in [0.1, 0.15) is 17.1 Å². The number of pyridine rings is 1. The molecular weight excluding hydrogens is 446 g/mol. The lowest BCUT2D eigenvalue weighted by Gasteiger charge is -2.15. The van der Waals surface area contributed by atoms with E-state index in [1.165, 1.54) is 22.6 Å². The second kappa shape index (κ2) is 9.27. The molecule has 4 rings (SSSR count). The first kappa shape index (κ1) is 22.8. The summed E-state index contributed by atoms with van der Waals surface area (Å²) >= 11 is 1.53. The Morgan fingerprint density at radius 2 is 1.85 bits per heavy atom. The normalized spacial score (nSPS) is 11.4. The molecule has 2 aromatic heterocycles. The summed E-state index contributed by atoms with van der Waals surface area (Å²) in [6.07, 6.45) is 3.43. The zero-order valence-electron chi connectivity index (χ0n) is 18.7. The van der Waals surface area contributed by atoms with Crippen LogP contribution in [0.4, 0.5) is 14.5 Å². The maximum Gasteiger partial charge on any atom is 0.261 e. The Balaban J connectivity index is 1.93. The second-order valence-electron chi connectivity index (χ2n) is 7.85. The van der Waals surface area contributed by atoms with Crippen molar-refractivity contribution < 1.29 is 13.5 Å². The molecule has 0 aliphatic heterocycles. The minimum atomic E-state index is -0.806. The van der Waals surface area contributed by atoms with Gasteiger partial charge in [0, 0.05) is 54.1 Å². The van der Waals surface area contributed by atoms with Crippen molar-refractivity contribution in [2.24, 2.45) is 7.05 Å². The Labute approximate surface area is 194 Å². The summed E-state index contributed by atoms with van der Waals surface area (Å²) in [6, 6.07) is 8.62. The number of fused-ring (bicyclic) bond motifs is 1. The van der Waals surface area contributed by atoms with E-state index in [1.807, 2.05) is 32.9 Å². The number of halogens is 2. The molecule has 4 aromatic rings. The van der Waals surface area contributed by atoms with Crippen molar-refractivity contribution in [3.05, 3.63) is 70.8 Å². The summed E-state index contributed by atoms with van der Waals surface area (Å²) < 4.78 is 40.1. The molecule has 0 spiro atoms. The van der Waals surface area contributed by atoms with E-state index in [1.54, 1.807) is 30.2 Å². The van der Waals surface area contributed by atoms with E-state index in [2.05, 4.69) is 9.82 Å². The SMILES string of the molecule is CCSNc1ccc(Oc2ccc(F)cc2F)c(-c2cn(C)c(=O)c3cn(C(C)C)nc23)c1. The van der Waals surface area contributed by atoms with Gasteiger partial charge in [0.05, 0.1) is 5.39 Å². The average molecular weight is 471 g/mol. The molecular formula is C24H24F2N4O2S. The molecule has 6 nitrogen and oxygen atoms in total. The third-order valence-corrected chi connectivity index (χ3v) is 5.78. The van der Waals surface area contributed by atoms with Gasteiger partial charge in [-0.1, -0.05) is 18.9 Å². The number of rotatable bonds is 7. The van der Waals surface area contributed by atoms with Crippen LogP contribution in [0.1, 0.15) is 26.8 Å². The maximum atomic E-state index is 14.3. The largest absolute Gasteiger partial charge is 0.454 e. The number of nitrogens with one attached hydrogen (secondary N) is 1. The average Bonchev–Trinajstić information content (AvgIpc) is 3.23. The van der Waals surface area contributed by atoms with Gasteiger partial charge >= 0.3 is 0 Å². The molecule has 0 unspecified atom stereocenters. The molecule has 33 heavy (non-hydrogen) atoms. The van der Waals surface area contributed by atoms with Crippen molar-refractivity contribution in [3.63, 3.8) is 0 Å². The minimum absolute atomic E-state index is 0.0629. The van der Waals surface area contributed by atoms with Crippen molar-refractivity contribution in [1.29, 1.82) is 0 Å².